The number of aromatic hydroxyl groups is 1. The predicted octanol–water partition coefficient (Wildman–Crippen LogP) is 4.04. The van der Waals surface area contributed by atoms with E-state index in [1.54, 1.807) is 0 Å². The van der Waals surface area contributed by atoms with Crippen LogP contribution in [0.1, 0.15) is 49.7 Å². The molecule has 0 heterocycles. The van der Waals surface area contributed by atoms with E-state index in [0.717, 1.165) is 12.8 Å². The number of aliphatic hydroxyl groups excluding tert-OH is 1. The standard InChI is InChI=1S/C24H28O2Se/c1-24-12-11-19-18-10-8-16(25)13-15(18)7-9-20(19)21(24)14-22(23(24)26)27-17-5-3-2-4-6-17/h2-6,8,10,13,19-23,25-26H,7,9,11-12,14H2,1H3/t19-,20-,21+,22-,23+,24+/m1/s1. The molecule has 2 nitrogen and oxygen atoms in total. The van der Waals surface area contributed by atoms with Crippen LogP contribution < -0.4 is 4.46 Å². The number of fused-ring (bicyclic) bond motifs is 5. The summed E-state index contributed by atoms with van der Waals surface area (Å²) in [7, 11) is 0. The van der Waals surface area contributed by atoms with Crippen LogP contribution in [0.25, 0.3) is 0 Å². The summed E-state index contributed by atoms with van der Waals surface area (Å²) >= 11 is 0.342. The van der Waals surface area contributed by atoms with Gasteiger partial charge in [-0.1, -0.05) is 0 Å². The van der Waals surface area contributed by atoms with E-state index < -0.39 is 0 Å². The van der Waals surface area contributed by atoms with E-state index >= 15 is 0 Å². The zero-order valence-electron chi connectivity index (χ0n) is 15.8. The van der Waals surface area contributed by atoms with Gasteiger partial charge in [-0.15, -0.1) is 0 Å². The molecule has 2 aromatic rings. The number of rotatable bonds is 2. The van der Waals surface area contributed by atoms with Gasteiger partial charge >= 0.3 is 168 Å². The second-order valence-corrected chi connectivity index (χ2v) is 11.7. The number of benzene rings is 2. The van der Waals surface area contributed by atoms with Gasteiger partial charge in [0.05, 0.1) is 0 Å². The van der Waals surface area contributed by atoms with Gasteiger partial charge in [-0.05, 0) is 0 Å². The van der Waals surface area contributed by atoms with Crippen molar-refractivity contribution in [1.29, 1.82) is 0 Å². The molecule has 0 bridgehead atoms. The van der Waals surface area contributed by atoms with Crippen molar-refractivity contribution in [2.45, 2.75) is 55.9 Å². The van der Waals surface area contributed by atoms with Crippen LogP contribution in [-0.4, -0.2) is 31.3 Å². The van der Waals surface area contributed by atoms with Crippen molar-refractivity contribution < 1.29 is 10.2 Å². The summed E-state index contributed by atoms with van der Waals surface area (Å²) in [6.07, 6.45) is 5.60. The Bertz CT molecular complexity index is 836. The van der Waals surface area contributed by atoms with E-state index in [1.165, 1.54) is 34.9 Å². The molecule has 0 spiro atoms. The van der Waals surface area contributed by atoms with Gasteiger partial charge in [-0.3, -0.25) is 0 Å². The van der Waals surface area contributed by atoms with Crippen molar-refractivity contribution in [3.05, 3.63) is 59.7 Å². The molecule has 3 heteroatoms. The van der Waals surface area contributed by atoms with Crippen LogP contribution in [0.15, 0.2) is 48.5 Å². The molecule has 5 rings (SSSR count). The zero-order valence-corrected chi connectivity index (χ0v) is 17.6. The maximum atomic E-state index is 11.3. The first-order valence-corrected chi connectivity index (χ1v) is 12.1. The molecule has 2 saturated carbocycles. The molecule has 2 fully saturated rings. The van der Waals surface area contributed by atoms with Gasteiger partial charge in [0.1, 0.15) is 0 Å². The molecular formula is C24H28O2Se. The Labute approximate surface area is 168 Å². The number of phenolic OH excluding ortho intramolecular Hbond substituents is 1. The van der Waals surface area contributed by atoms with Crippen molar-refractivity contribution >= 4 is 19.4 Å². The van der Waals surface area contributed by atoms with E-state index in [2.05, 4.69) is 43.3 Å². The molecular weight excluding hydrogens is 399 g/mol. The molecule has 0 unspecified atom stereocenters. The summed E-state index contributed by atoms with van der Waals surface area (Å²) in [5, 5.41) is 21.2. The molecule has 0 saturated heterocycles. The minimum absolute atomic E-state index is 0.0801. The average Bonchev–Trinajstić information content (AvgIpc) is 2.93. The Kier molecular flexibility index (Phi) is 4.38. The zero-order chi connectivity index (χ0) is 18.6. The topological polar surface area (TPSA) is 40.5 Å². The fraction of sp³-hybridized carbons (Fsp3) is 0.500. The van der Waals surface area contributed by atoms with E-state index in [4.69, 9.17) is 0 Å². The molecule has 2 aromatic carbocycles. The van der Waals surface area contributed by atoms with Gasteiger partial charge < -0.3 is 0 Å². The summed E-state index contributed by atoms with van der Waals surface area (Å²) in [6.45, 7) is 2.37. The summed E-state index contributed by atoms with van der Waals surface area (Å²) in [6, 6.07) is 16.8. The Balaban J connectivity index is 1.42. The third-order valence-electron chi connectivity index (χ3n) is 7.69. The minimum atomic E-state index is -0.162. The molecule has 0 aromatic heterocycles. The van der Waals surface area contributed by atoms with Crippen LogP contribution in [0.4, 0.5) is 0 Å². The van der Waals surface area contributed by atoms with Crippen molar-refractivity contribution in [3.8, 4) is 5.75 Å². The van der Waals surface area contributed by atoms with Gasteiger partial charge in [-0.25, -0.2) is 0 Å². The number of hydrogen-bond acceptors (Lipinski definition) is 2. The normalized spacial score (nSPS) is 37.3. The van der Waals surface area contributed by atoms with Crippen LogP contribution in [0, 0.1) is 17.3 Å². The third kappa shape index (κ3) is 2.87. The number of phenols is 1. The molecule has 0 amide bonds. The SMILES string of the molecule is C[C@]12CC[C@@H]3c4ccc(O)cc4CC[C@H]3[C@@H]1C[C@@H]([Se]c1ccccc1)[C@@H]2O. The molecule has 6 atom stereocenters. The predicted molar refractivity (Wildman–Crippen MR) is 110 cm³/mol. The van der Waals surface area contributed by atoms with Crippen LogP contribution >= 0.6 is 0 Å². The monoisotopic (exact) mass is 428 g/mol. The van der Waals surface area contributed by atoms with E-state index in [-0.39, 0.29) is 11.5 Å². The van der Waals surface area contributed by atoms with Gasteiger partial charge in [-0.2, -0.15) is 0 Å². The molecule has 3 aliphatic carbocycles. The molecule has 0 aliphatic heterocycles. The van der Waals surface area contributed by atoms with Gasteiger partial charge in [0.2, 0.25) is 0 Å². The van der Waals surface area contributed by atoms with Crippen molar-refractivity contribution in [1.82, 2.24) is 0 Å². The van der Waals surface area contributed by atoms with Crippen molar-refractivity contribution in [2.24, 2.45) is 17.3 Å². The summed E-state index contributed by atoms with van der Waals surface area (Å²) < 4.78 is 1.41. The van der Waals surface area contributed by atoms with E-state index in [0.29, 0.717) is 43.3 Å². The van der Waals surface area contributed by atoms with Crippen molar-refractivity contribution in [2.75, 3.05) is 0 Å². The fourth-order valence-corrected chi connectivity index (χ4v) is 9.27. The van der Waals surface area contributed by atoms with Crippen molar-refractivity contribution in [3.63, 3.8) is 0 Å². The van der Waals surface area contributed by atoms with Crippen LogP contribution in [-0.2, 0) is 6.42 Å². The molecule has 142 valence electrons. The molecule has 0 radical (unpaired) electrons. The maximum absolute atomic E-state index is 11.3. The third-order valence-corrected chi connectivity index (χ3v) is 10.4. The van der Waals surface area contributed by atoms with E-state index in [1.807, 2.05) is 12.1 Å². The summed E-state index contributed by atoms with van der Waals surface area (Å²) in [4.78, 5) is 0.440. The van der Waals surface area contributed by atoms with Gasteiger partial charge in [0, 0.05) is 0 Å². The Morgan fingerprint density at radius 2 is 1.89 bits per heavy atom. The molecule has 2 N–H and O–H groups in total. The molecule has 3 aliphatic rings. The first-order valence-electron chi connectivity index (χ1n) is 10.3. The average molecular weight is 427 g/mol. The van der Waals surface area contributed by atoms with Gasteiger partial charge in [0.15, 0.2) is 0 Å². The van der Waals surface area contributed by atoms with Gasteiger partial charge in [0.25, 0.3) is 0 Å². The van der Waals surface area contributed by atoms with Crippen LogP contribution in [0.5, 0.6) is 5.75 Å². The van der Waals surface area contributed by atoms with Crippen LogP contribution in [0.2, 0.25) is 4.82 Å². The quantitative estimate of drug-likeness (QED) is 0.711. The van der Waals surface area contributed by atoms with E-state index in [9.17, 15) is 10.2 Å². The second kappa shape index (κ2) is 6.65. The first kappa shape index (κ1) is 17.8. The first-order chi connectivity index (χ1) is 13.1. The second-order valence-electron chi connectivity index (χ2n) is 8.99. The number of aryl methyl sites for hydroxylation is 1. The number of aliphatic hydroxyl groups is 1. The fourth-order valence-electron chi connectivity index (χ4n) is 6.32. The number of hydrogen-bond donors (Lipinski definition) is 2. The van der Waals surface area contributed by atoms with Crippen LogP contribution in [0.3, 0.4) is 0 Å². The molecule has 27 heavy (non-hydrogen) atoms. The Hall–Kier alpha value is -1.28. The summed E-state index contributed by atoms with van der Waals surface area (Å²) in [5.41, 5.74) is 2.90. The Morgan fingerprint density at radius 1 is 1.07 bits per heavy atom. The summed E-state index contributed by atoms with van der Waals surface area (Å²) in [5.74, 6) is 2.33. The Morgan fingerprint density at radius 3 is 2.70 bits per heavy atom.